The maximum atomic E-state index is 5.32. The minimum atomic E-state index is -2.99. The normalized spacial score (nSPS) is 11.8. The molecule has 6 aromatic carbocycles. The topological polar surface area (TPSA) is 38.7 Å². The number of aryl methyl sites for hydroxylation is 3. The van der Waals surface area contributed by atoms with Crippen LogP contribution in [0.15, 0.2) is 164 Å². The van der Waals surface area contributed by atoms with Crippen LogP contribution in [0.1, 0.15) is 115 Å². The van der Waals surface area contributed by atoms with E-state index in [0.29, 0.717) is 0 Å². The van der Waals surface area contributed by atoms with Crippen LogP contribution < -0.4 is 12.2 Å². The van der Waals surface area contributed by atoms with E-state index in [4.69, 9.17) is 15.0 Å². The third kappa shape index (κ3) is 10.7. The Morgan fingerprint density at radius 1 is 0.328 bits per heavy atom. The Bertz CT molecular complexity index is 2730. The van der Waals surface area contributed by atoms with Crippen LogP contribution in [0, 0.1) is 0 Å². The van der Waals surface area contributed by atoms with E-state index in [9.17, 15) is 0 Å². The van der Waals surface area contributed by atoms with E-state index >= 15 is 0 Å². The predicted molar refractivity (Wildman–Crippen MR) is 284 cm³/mol. The average molecular weight is 1060 g/mol. The first kappa shape index (κ1) is 46.3. The van der Waals surface area contributed by atoms with Crippen molar-refractivity contribution in [1.82, 2.24) is 15.0 Å². The molecule has 0 atom stereocenters. The van der Waals surface area contributed by atoms with Crippen LogP contribution in [0.5, 0.6) is 0 Å². The van der Waals surface area contributed by atoms with Crippen LogP contribution in [0.3, 0.4) is 0 Å². The third-order valence-electron chi connectivity index (χ3n) is 13.3. The van der Waals surface area contributed by atoms with Gasteiger partial charge in [-0.05, 0) is 0 Å². The molecular formula is C63H66IrN3. The molecule has 0 N–H and O–H groups in total. The van der Waals surface area contributed by atoms with E-state index in [1.54, 1.807) is 0 Å². The fourth-order valence-corrected chi connectivity index (χ4v) is 17.5. The SMILES string of the molecule is CCCCCCc1ccc(-c2nccc3ccccc23)[c]([Ir]([c]2cc(CCCCCC)ccc2-c2nccc3ccccc23)[c]2cc(CCCCCC)ccc2-c2nccc3ccccc23)c1. The first-order chi connectivity index (χ1) is 33.1. The number of hydrogen-bond donors (Lipinski definition) is 0. The van der Waals surface area contributed by atoms with Crippen molar-refractivity contribution in [3.8, 4) is 33.8 Å². The number of nitrogens with zero attached hydrogens (tertiary/aromatic N) is 3. The molecule has 9 rings (SSSR count). The Morgan fingerprint density at radius 3 is 0.955 bits per heavy atom. The van der Waals surface area contributed by atoms with Gasteiger partial charge in [-0.1, -0.05) is 0 Å². The number of unbranched alkanes of at least 4 members (excludes halogenated alkanes) is 9. The number of hydrogen-bond acceptors (Lipinski definition) is 3. The van der Waals surface area contributed by atoms with E-state index in [-0.39, 0.29) is 0 Å². The van der Waals surface area contributed by atoms with Gasteiger partial charge in [0.15, 0.2) is 0 Å². The Morgan fingerprint density at radius 2 is 0.642 bits per heavy atom. The summed E-state index contributed by atoms with van der Waals surface area (Å²) in [6.45, 7) is 6.92. The van der Waals surface area contributed by atoms with E-state index in [2.05, 4.69) is 166 Å². The van der Waals surface area contributed by atoms with Crippen molar-refractivity contribution in [2.24, 2.45) is 0 Å². The number of pyridine rings is 3. The van der Waals surface area contributed by atoms with Crippen LogP contribution in [0.2, 0.25) is 0 Å². The molecule has 3 nitrogen and oxygen atoms in total. The summed E-state index contributed by atoms with van der Waals surface area (Å²) in [5.74, 6) is 0. The Kier molecular flexibility index (Phi) is 15.8. The van der Waals surface area contributed by atoms with Gasteiger partial charge in [0, 0.05) is 0 Å². The zero-order valence-electron chi connectivity index (χ0n) is 39.9. The molecule has 3 aromatic heterocycles. The molecule has 0 fully saturated rings. The summed E-state index contributed by atoms with van der Waals surface area (Å²) >= 11 is -2.99. The second-order valence-corrected chi connectivity index (χ2v) is 23.9. The van der Waals surface area contributed by atoms with Gasteiger partial charge in [-0.25, -0.2) is 0 Å². The Balaban J connectivity index is 1.40. The monoisotopic (exact) mass is 1060 g/mol. The summed E-state index contributed by atoms with van der Waals surface area (Å²) in [7, 11) is 0. The quantitative estimate of drug-likeness (QED) is 0.0673. The summed E-state index contributed by atoms with van der Waals surface area (Å²) < 4.78 is 4.35. The number of benzene rings is 6. The van der Waals surface area contributed by atoms with Crippen LogP contribution in [0.25, 0.3) is 66.1 Å². The fourth-order valence-electron chi connectivity index (χ4n) is 9.64. The van der Waals surface area contributed by atoms with Crippen molar-refractivity contribution >= 4 is 44.5 Å². The van der Waals surface area contributed by atoms with Gasteiger partial charge in [0.25, 0.3) is 0 Å². The molecule has 0 unspecified atom stereocenters. The van der Waals surface area contributed by atoms with Gasteiger partial charge in [0.2, 0.25) is 0 Å². The van der Waals surface area contributed by atoms with E-state index in [1.165, 1.54) is 155 Å². The molecule has 0 aliphatic carbocycles. The number of fused-ring (bicyclic) bond motifs is 3. The van der Waals surface area contributed by atoms with Gasteiger partial charge in [0.05, 0.1) is 0 Å². The van der Waals surface area contributed by atoms with Crippen molar-refractivity contribution in [1.29, 1.82) is 0 Å². The minimum absolute atomic E-state index is 1.06. The van der Waals surface area contributed by atoms with Crippen LogP contribution in [-0.4, -0.2) is 15.0 Å². The maximum absolute atomic E-state index is 5.32. The van der Waals surface area contributed by atoms with Crippen LogP contribution >= 0.6 is 0 Å². The molecule has 0 amide bonds. The second-order valence-electron chi connectivity index (χ2n) is 18.2. The molecule has 0 spiro atoms. The number of rotatable bonds is 21. The van der Waals surface area contributed by atoms with Crippen LogP contribution in [0.4, 0.5) is 0 Å². The summed E-state index contributed by atoms with van der Waals surface area (Å²) in [5.41, 5.74) is 11.2. The molecule has 0 aliphatic heterocycles. The molecule has 0 bridgehead atoms. The first-order valence-electron chi connectivity index (χ1n) is 25.2. The molecule has 4 heteroatoms. The molecule has 0 saturated carbocycles. The molecule has 0 radical (unpaired) electrons. The van der Waals surface area contributed by atoms with Gasteiger partial charge >= 0.3 is 408 Å². The van der Waals surface area contributed by atoms with E-state index in [0.717, 1.165) is 36.3 Å². The number of aromatic nitrogens is 3. The van der Waals surface area contributed by atoms with Gasteiger partial charge in [0.1, 0.15) is 0 Å². The van der Waals surface area contributed by atoms with Gasteiger partial charge < -0.3 is 0 Å². The third-order valence-corrected chi connectivity index (χ3v) is 20.2. The summed E-state index contributed by atoms with van der Waals surface area (Å²) in [5, 5.41) is 7.23. The predicted octanol–water partition coefficient (Wildman–Crippen LogP) is 15.6. The molecule has 0 aliphatic rings. The first-order valence-corrected chi connectivity index (χ1v) is 28.8. The summed E-state index contributed by atoms with van der Waals surface area (Å²) in [6, 6.07) is 55.5. The van der Waals surface area contributed by atoms with Gasteiger partial charge in [-0.2, -0.15) is 0 Å². The van der Waals surface area contributed by atoms with Crippen molar-refractivity contribution in [3.05, 3.63) is 181 Å². The average Bonchev–Trinajstić information content (AvgIpc) is 3.38. The Hall–Kier alpha value is -5.80. The fraction of sp³-hybridized carbons (Fsp3) is 0.286. The Labute approximate surface area is 405 Å². The molecule has 67 heavy (non-hydrogen) atoms. The summed E-state index contributed by atoms with van der Waals surface area (Å²) in [6.07, 6.45) is 24.0. The van der Waals surface area contributed by atoms with Crippen molar-refractivity contribution < 1.29 is 16.5 Å². The zero-order chi connectivity index (χ0) is 45.8. The molecule has 0 saturated heterocycles. The second kappa shape index (κ2) is 22.8. The van der Waals surface area contributed by atoms with Gasteiger partial charge in [-0.3, -0.25) is 0 Å². The van der Waals surface area contributed by atoms with Gasteiger partial charge in [-0.15, -0.1) is 0 Å². The molecular weight excluding hydrogens is 991 g/mol. The van der Waals surface area contributed by atoms with Crippen molar-refractivity contribution in [2.75, 3.05) is 0 Å². The standard InChI is InChI=1S/3C21H22N.Ir/c3*1-2-3-4-5-8-17-11-13-19(14-12-17)21-20-10-7-6-9-18(20)15-16-22-21;/h3*6-7,9-13,15-16H,2-5,8H2,1H3;. The van der Waals surface area contributed by atoms with E-state index < -0.39 is 16.5 Å². The zero-order valence-corrected chi connectivity index (χ0v) is 42.3. The summed E-state index contributed by atoms with van der Waals surface area (Å²) in [4.78, 5) is 16.0. The van der Waals surface area contributed by atoms with Crippen molar-refractivity contribution in [3.63, 3.8) is 0 Å². The molecule has 342 valence electrons. The molecule has 3 heterocycles. The van der Waals surface area contributed by atoms with Crippen LogP contribution in [-0.2, 0) is 35.7 Å². The molecule has 9 aromatic rings. The van der Waals surface area contributed by atoms with Crippen molar-refractivity contribution in [2.45, 2.75) is 117 Å². The van der Waals surface area contributed by atoms with E-state index in [1.807, 2.05) is 18.6 Å².